The summed E-state index contributed by atoms with van der Waals surface area (Å²) in [5.74, 6) is 0.488. The molecule has 36 heavy (non-hydrogen) atoms. The van der Waals surface area contributed by atoms with Gasteiger partial charge in [-0.25, -0.2) is 0 Å². The summed E-state index contributed by atoms with van der Waals surface area (Å²) in [4.78, 5) is 24.6. The molecule has 0 aromatic heterocycles. The molecule has 7 heteroatoms. The average molecular weight is 488 g/mol. The Hall–Kier alpha value is -3.84. The number of carbonyl (C=O) groups excluding carboxylic acids is 2. The van der Waals surface area contributed by atoms with Crippen molar-refractivity contribution in [3.8, 4) is 5.75 Å². The molecule has 188 valence electrons. The van der Waals surface area contributed by atoms with Gasteiger partial charge in [-0.15, -0.1) is 0 Å². The summed E-state index contributed by atoms with van der Waals surface area (Å²) in [7, 11) is 0. The Morgan fingerprint density at radius 3 is 2.39 bits per heavy atom. The number of rotatable bonds is 12. The number of aryl methyl sites for hydroxylation is 1. The lowest BCUT2D eigenvalue weighted by atomic mass is 10.1. The number of nitrogens with one attached hydrogen (secondary N) is 3. The molecule has 7 nitrogen and oxygen atoms in total. The molecule has 0 spiro atoms. The second-order valence-electron chi connectivity index (χ2n) is 8.79. The van der Waals surface area contributed by atoms with Crippen LogP contribution in [0.25, 0.3) is 0 Å². The van der Waals surface area contributed by atoms with Gasteiger partial charge in [-0.05, 0) is 79.8 Å². The second kappa shape index (κ2) is 13.3. The lowest BCUT2D eigenvalue weighted by Crippen LogP contribution is -2.31. The maximum Gasteiger partial charge on any atom is 0.251 e. The number of amides is 2. The fraction of sp³-hybridized carbons (Fsp3) is 0.310. The van der Waals surface area contributed by atoms with Gasteiger partial charge >= 0.3 is 0 Å². The first-order valence-electron chi connectivity index (χ1n) is 12.5. The maximum atomic E-state index is 12.3. The number of benzene rings is 3. The predicted octanol–water partition coefficient (Wildman–Crippen LogP) is 4.66. The molecule has 4 rings (SSSR count). The van der Waals surface area contributed by atoms with Crippen LogP contribution < -0.4 is 20.7 Å². The highest BCUT2D eigenvalue weighted by Gasteiger charge is 2.16. The van der Waals surface area contributed by atoms with Crippen molar-refractivity contribution >= 4 is 23.2 Å². The zero-order valence-electron chi connectivity index (χ0n) is 20.4. The van der Waals surface area contributed by atoms with Crippen molar-refractivity contribution in [2.45, 2.75) is 31.8 Å². The van der Waals surface area contributed by atoms with E-state index in [2.05, 4.69) is 28.1 Å². The van der Waals surface area contributed by atoms with E-state index >= 15 is 0 Å². The van der Waals surface area contributed by atoms with E-state index in [0.29, 0.717) is 24.4 Å². The predicted molar refractivity (Wildman–Crippen MR) is 142 cm³/mol. The van der Waals surface area contributed by atoms with Crippen LogP contribution in [0.15, 0.2) is 78.9 Å². The molecule has 1 unspecified atom stereocenters. The summed E-state index contributed by atoms with van der Waals surface area (Å²) >= 11 is 0. The van der Waals surface area contributed by atoms with Gasteiger partial charge in [0.15, 0.2) is 0 Å². The van der Waals surface area contributed by atoms with Crippen molar-refractivity contribution in [1.82, 2.24) is 5.32 Å². The van der Waals surface area contributed by atoms with Crippen LogP contribution in [0.2, 0.25) is 0 Å². The summed E-state index contributed by atoms with van der Waals surface area (Å²) < 4.78 is 11.3. The minimum atomic E-state index is -0.162. The molecule has 1 saturated heterocycles. The molecule has 0 radical (unpaired) electrons. The van der Waals surface area contributed by atoms with Crippen molar-refractivity contribution in [2.75, 3.05) is 36.9 Å². The zero-order valence-corrected chi connectivity index (χ0v) is 20.4. The quantitative estimate of drug-likeness (QED) is 0.324. The van der Waals surface area contributed by atoms with Gasteiger partial charge in [0.1, 0.15) is 5.75 Å². The van der Waals surface area contributed by atoms with Gasteiger partial charge in [0.05, 0.1) is 19.3 Å². The molecule has 3 aromatic carbocycles. The minimum absolute atomic E-state index is 0.113. The van der Waals surface area contributed by atoms with E-state index < -0.39 is 0 Å². The van der Waals surface area contributed by atoms with Gasteiger partial charge in [-0.2, -0.15) is 0 Å². The molecule has 1 atom stereocenters. The van der Waals surface area contributed by atoms with Crippen LogP contribution in [0.3, 0.4) is 0 Å². The zero-order chi connectivity index (χ0) is 25.0. The van der Waals surface area contributed by atoms with E-state index in [-0.39, 0.29) is 24.5 Å². The highest BCUT2D eigenvalue weighted by atomic mass is 16.5. The van der Waals surface area contributed by atoms with Crippen LogP contribution in [-0.2, 0) is 16.0 Å². The number of ether oxygens (including phenoxy) is 2. The monoisotopic (exact) mass is 487 g/mol. The maximum absolute atomic E-state index is 12.3. The summed E-state index contributed by atoms with van der Waals surface area (Å²) in [6, 6.07) is 24.8. The fourth-order valence-corrected chi connectivity index (χ4v) is 3.99. The van der Waals surface area contributed by atoms with Crippen LogP contribution in [0.4, 0.5) is 11.4 Å². The first kappa shape index (κ1) is 25.3. The van der Waals surface area contributed by atoms with E-state index in [1.54, 1.807) is 24.3 Å². The molecule has 0 aliphatic carbocycles. The highest BCUT2D eigenvalue weighted by molar-refractivity contribution is 5.95. The molecule has 1 fully saturated rings. The smallest absolute Gasteiger partial charge is 0.251 e. The van der Waals surface area contributed by atoms with Gasteiger partial charge in [0.25, 0.3) is 5.91 Å². The van der Waals surface area contributed by atoms with Crippen LogP contribution in [0.1, 0.15) is 35.2 Å². The Bertz CT molecular complexity index is 1100. The SMILES string of the molecule is O=C(CNc1ccc(C(=O)NCC2CCCO2)cc1)Nc1ccc(OCCCc2ccccc2)cc1. The van der Waals surface area contributed by atoms with Crippen molar-refractivity contribution in [3.05, 3.63) is 90.0 Å². The van der Waals surface area contributed by atoms with Gasteiger partial charge in [0, 0.05) is 30.1 Å². The number of carbonyl (C=O) groups is 2. The molecule has 0 bridgehead atoms. The minimum Gasteiger partial charge on any atom is -0.494 e. The van der Waals surface area contributed by atoms with E-state index in [9.17, 15) is 9.59 Å². The topological polar surface area (TPSA) is 88.7 Å². The Labute approximate surface area is 212 Å². The molecular formula is C29H33N3O4. The van der Waals surface area contributed by atoms with Gasteiger partial charge in [-0.3, -0.25) is 9.59 Å². The number of hydrogen-bond donors (Lipinski definition) is 3. The molecular weight excluding hydrogens is 454 g/mol. The van der Waals surface area contributed by atoms with Gasteiger partial charge in [0.2, 0.25) is 5.91 Å². The second-order valence-corrected chi connectivity index (χ2v) is 8.79. The third kappa shape index (κ3) is 8.13. The third-order valence-electron chi connectivity index (χ3n) is 5.97. The van der Waals surface area contributed by atoms with E-state index in [1.165, 1.54) is 5.56 Å². The molecule has 1 aliphatic heterocycles. The first-order chi connectivity index (χ1) is 17.7. The van der Waals surface area contributed by atoms with Crippen molar-refractivity contribution in [1.29, 1.82) is 0 Å². The Morgan fingerprint density at radius 2 is 1.67 bits per heavy atom. The molecule has 3 aromatic rings. The van der Waals surface area contributed by atoms with Crippen LogP contribution in [0, 0.1) is 0 Å². The highest BCUT2D eigenvalue weighted by Crippen LogP contribution is 2.17. The fourth-order valence-electron chi connectivity index (χ4n) is 3.99. The Kier molecular flexibility index (Phi) is 9.33. The molecule has 2 amide bonds. The van der Waals surface area contributed by atoms with Crippen LogP contribution >= 0.6 is 0 Å². The van der Waals surface area contributed by atoms with Crippen LogP contribution in [-0.4, -0.2) is 44.2 Å². The van der Waals surface area contributed by atoms with Crippen molar-refractivity contribution in [3.63, 3.8) is 0 Å². The largest absolute Gasteiger partial charge is 0.494 e. The summed E-state index contributed by atoms with van der Waals surface area (Å²) in [6.07, 6.45) is 4.06. The van der Waals surface area contributed by atoms with E-state index in [0.717, 1.165) is 43.7 Å². The summed E-state index contributed by atoms with van der Waals surface area (Å²) in [5, 5.41) is 8.85. The average Bonchev–Trinajstić information content (AvgIpc) is 3.44. The molecule has 3 N–H and O–H groups in total. The standard InChI is InChI=1S/C29H33N3O4/c33-28(21-30-24-12-10-23(11-13-24)29(34)31-20-27-9-5-19-36-27)32-25-14-16-26(17-15-25)35-18-4-8-22-6-2-1-3-7-22/h1-3,6-7,10-17,27,30H,4-5,8-9,18-21H2,(H,31,34)(H,32,33). The van der Waals surface area contributed by atoms with Crippen molar-refractivity contribution < 1.29 is 19.1 Å². The lowest BCUT2D eigenvalue weighted by molar-refractivity contribution is -0.114. The lowest BCUT2D eigenvalue weighted by Gasteiger charge is -2.12. The molecule has 1 aliphatic rings. The first-order valence-corrected chi connectivity index (χ1v) is 12.5. The Balaban J connectivity index is 1.13. The van der Waals surface area contributed by atoms with Gasteiger partial charge in [-0.1, -0.05) is 30.3 Å². The molecule has 0 saturated carbocycles. The number of anilines is 2. The normalized spacial score (nSPS) is 14.7. The summed E-state index contributed by atoms with van der Waals surface area (Å²) in [6.45, 7) is 2.05. The van der Waals surface area contributed by atoms with Gasteiger partial charge < -0.3 is 25.4 Å². The number of hydrogen-bond acceptors (Lipinski definition) is 5. The summed E-state index contributed by atoms with van der Waals surface area (Å²) in [5.41, 5.74) is 3.35. The van der Waals surface area contributed by atoms with Crippen molar-refractivity contribution in [2.24, 2.45) is 0 Å². The third-order valence-corrected chi connectivity index (χ3v) is 5.97. The van der Waals surface area contributed by atoms with E-state index in [1.807, 2.05) is 42.5 Å². The van der Waals surface area contributed by atoms with Crippen LogP contribution in [0.5, 0.6) is 5.75 Å². The van der Waals surface area contributed by atoms with E-state index in [4.69, 9.17) is 9.47 Å². The molecule has 1 heterocycles. The Morgan fingerprint density at radius 1 is 0.917 bits per heavy atom.